The van der Waals surface area contributed by atoms with Gasteiger partial charge in [-0.15, -0.1) is 11.3 Å². The van der Waals surface area contributed by atoms with E-state index in [1.54, 1.807) is 0 Å². The predicted octanol–water partition coefficient (Wildman–Crippen LogP) is 1.29. The quantitative estimate of drug-likeness (QED) is 0.828. The minimum atomic E-state index is -0.560. The molecular formula is C13H15N5O2S. The van der Waals surface area contributed by atoms with E-state index in [1.807, 2.05) is 18.4 Å². The zero-order chi connectivity index (χ0) is 15.0. The molecule has 110 valence electrons. The Balaban J connectivity index is 1.94. The van der Waals surface area contributed by atoms with Crippen molar-refractivity contribution in [3.63, 3.8) is 0 Å². The second-order valence-corrected chi connectivity index (χ2v) is 5.65. The molecule has 2 amide bonds. The molecule has 3 heterocycles. The summed E-state index contributed by atoms with van der Waals surface area (Å²) in [5.74, 6) is 0.686. The van der Waals surface area contributed by atoms with Crippen LogP contribution in [0.3, 0.4) is 0 Å². The van der Waals surface area contributed by atoms with Crippen LogP contribution < -0.4 is 10.6 Å². The van der Waals surface area contributed by atoms with Crippen molar-refractivity contribution in [2.45, 2.75) is 19.4 Å². The van der Waals surface area contributed by atoms with E-state index in [0.717, 1.165) is 15.1 Å². The van der Waals surface area contributed by atoms with Crippen LogP contribution in [0.2, 0.25) is 0 Å². The van der Waals surface area contributed by atoms with Crippen LogP contribution in [-0.4, -0.2) is 46.3 Å². The number of hydrogen-bond donors (Lipinski definition) is 2. The molecule has 7 nitrogen and oxygen atoms in total. The summed E-state index contributed by atoms with van der Waals surface area (Å²) in [4.78, 5) is 34.4. The standard InChI is InChI=1S/C13H15N5O2S/c1-3-14-13-16-10(7-4-5-21-11(7)17-13)15-8-6-9(19)18(2)12(8)20/h4-5,8H,3,6H2,1-2H3,(H2,14,15,16,17). The maximum atomic E-state index is 12.0. The van der Waals surface area contributed by atoms with Crippen molar-refractivity contribution in [1.29, 1.82) is 0 Å². The summed E-state index contributed by atoms with van der Waals surface area (Å²) in [7, 11) is 1.50. The minimum Gasteiger partial charge on any atom is -0.357 e. The van der Waals surface area contributed by atoms with E-state index in [9.17, 15) is 9.59 Å². The molecule has 0 aromatic carbocycles. The summed E-state index contributed by atoms with van der Waals surface area (Å²) in [6.45, 7) is 2.67. The van der Waals surface area contributed by atoms with Gasteiger partial charge in [0.1, 0.15) is 16.7 Å². The van der Waals surface area contributed by atoms with Gasteiger partial charge in [-0.2, -0.15) is 4.98 Å². The molecule has 1 saturated heterocycles. The van der Waals surface area contributed by atoms with E-state index in [2.05, 4.69) is 20.6 Å². The van der Waals surface area contributed by atoms with Crippen molar-refractivity contribution >= 4 is 45.1 Å². The number of likely N-dealkylation sites (N-methyl/N-ethyl adjacent to an activating group) is 1. The molecule has 1 aliphatic heterocycles. The van der Waals surface area contributed by atoms with Crippen molar-refractivity contribution in [2.24, 2.45) is 0 Å². The lowest BCUT2D eigenvalue weighted by molar-refractivity contribution is -0.136. The highest BCUT2D eigenvalue weighted by Crippen LogP contribution is 2.28. The Morgan fingerprint density at radius 1 is 1.43 bits per heavy atom. The lowest BCUT2D eigenvalue weighted by Gasteiger charge is -2.13. The van der Waals surface area contributed by atoms with Gasteiger partial charge in [0.05, 0.1) is 11.8 Å². The zero-order valence-electron chi connectivity index (χ0n) is 11.7. The zero-order valence-corrected chi connectivity index (χ0v) is 12.5. The monoisotopic (exact) mass is 305 g/mol. The van der Waals surface area contributed by atoms with Gasteiger partial charge in [-0.3, -0.25) is 14.5 Å². The highest BCUT2D eigenvalue weighted by Gasteiger charge is 2.36. The fourth-order valence-corrected chi connectivity index (χ4v) is 3.00. The Labute approximate surface area is 125 Å². The first-order chi connectivity index (χ1) is 10.1. The fraction of sp³-hybridized carbons (Fsp3) is 0.385. The molecule has 1 unspecified atom stereocenters. The maximum absolute atomic E-state index is 12.0. The van der Waals surface area contributed by atoms with Crippen LogP contribution in [0.5, 0.6) is 0 Å². The summed E-state index contributed by atoms with van der Waals surface area (Å²) >= 11 is 1.51. The number of carbonyl (C=O) groups excluding carboxylic acids is 2. The largest absolute Gasteiger partial charge is 0.357 e. The van der Waals surface area contributed by atoms with Crippen molar-refractivity contribution in [3.05, 3.63) is 11.4 Å². The van der Waals surface area contributed by atoms with E-state index in [-0.39, 0.29) is 18.2 Å². The number of carbonyl (C=O) groups is 2. The highest BCUT2D eigenvalue weighted by molar-refractivity contribution is 7.16. The topological polar surface area (TPSA) is 87.2 Å². The highest BCUT2D eigenvalue weighted by atomic mass is 32.1. The summed E-state index contributed by atoms with van der Waals surface area (Å²) in [6.07, 6.45) is 0.154. The van der Waals surface area contributed by atoms with Crippen LogP contribution in [0.25, 0.3) is 10.2 Å². The van der Waals surface area contributed by atoms with Crippen molar-refractivity contribution in [3.8, 4) is 0 Å². The minimum absolute atomic E-state index is 0.154. The third kappa shape index (κ3) is 2.42. The molecule has 8 heteroatoms. The number of nitrogens with zero attached hydrogens (tertiary/aromatic N) is 3. The Hall–Kier alpha value is -2.22. The molecule has 2 aromatic rings. The van der Waals surface area contributed by atoms with Gasteiger partial charge in [0, 0.05) is 13.6 Å². The number of fused-ring (bicyclic) bond motifs is 1. The third-order valence-corrected chi connectivity index (χ3v) is 4.16. The molecule has 3 rings (SSSR count). The molecule has 0 spiro atoms. The number of aromatic nitrogens is 2. The molecular weight excluding hydrogens is 290 g/mol. The van der Waals surface area contributed by atoms with Gasteiger partial charge >= 0.3 is 0 Å². The van der Waals surface area contributed by atoms with Crippen LogP contribution in [0.15, 0.2) is 11.4 Å². The van der Waals surface area contributed by atoms with Gasteiger partial charge in [-0.25, -0.2) is 4.98 Å². The van der Waals surface area contributed by atoms with Gasteiger partial charge in [0.15, 0.2) is 0 Å². The second kappa shape index (κ2) is 5.28. The van der Waals surface area contributed by atoms with Gasteiger partial charge in [-0.05, 0) is 18.4 Å². The van der Waals surface area contributed by atoms with E-state index in [1.165, 1.54) is 18.4 Å². The van der Waals surface area contributed by atoms with Crippen LogP contribution in [0.4, 0.5) is 11.8 Å². The van der Waals surface area contributed by atoms with Crippen LogP contribution >= 0.6 is 11.3 Å². The number of hydrogen-bond acceptors (Lipinski definition) is 7. The summed E-state index contributed by atoms with van der Waals surface area (Å²) in [5, 5.41) is 8.93. The third-order valence-electron chi connectivity index (χ3n) is 3.35. The smallest absolute Gasteiger partial charge is 0.251 e. The van der Waals surface area contributed by atoms with Crippen LogP contribution in [0.1, 0.15) is 13.3 Å². The lowest BCUT2D eigenvalue weighted by atomic mass is 10.2. The average Bonchev–Trinajstić information content (AvgIpc) is 3.01. The summed E-state index contributed by atoms with van der Waals surface area (Å²) in [6, 6.07) is 1.35. The lowest BCUT2D eigenvalue weighted by Crippen LogP contribution is -2.32. The molecule has 0 bridgehead atoms. The maximum Gasteiger partial charge on any atom is 0.251 e. The van der Waals surface area contributed by atoms with E-state index < -0.39 is 6.04 Å². The molecule has 21 heavy (non-hydrogen) atoms. The number of rotatable bonds is 4. The van der Waals surface area contributed by atoms with E-state index >= 15 is 0 Å². The van der Waals surface area contributed by atoms with Crippen LogP contribution in [0, 0.1) is 0 Å². The molecule has 1 fully saturated rings. The Morgan fingerprint density at radius 2 is 2.24 bits per heavy atom. The number of anilines is 2. The summed E-state index contributed by atoms with van der Waals surface area (Å²) < 4.78 is 0. The van der Waals surface area contributed by atoms with E-state index in [0.29, 0.717) is 18.3 Å². The van der Waals surface area contributed by atoms with Crippen LogP contribution in [-0.2, 0) is 9.59 Å². The SMILES string of the molecule is CCNc1nc(NC2CC(=O)N(C)C2=O)c2ccsc2n1. The molecule has 2 N–H and O–H groups in total. The molecule has 1 atom stereocenters. The van der Waals surface area contributed by atoms with Gasteiger partial charge in [-0.1, -0.05) is 0 Å². The first-order valence-electron chi connectivity index (χ1n) is 6.66. The normalized spacial score (nSPS) is 18.6. The number of thiophene rings is 1. The Morgan fingerprint density at radius 3 is 2.90 bits per heavy atom. The van der Waals surface area contributed by atoms with Crippen molar-refractivity contribution in [2.75, 3.05) is 24.2 Å². The second-order valence-electron chi connectivity index (χ2n) is 4.76. The Bertz CT molecular complexity index is 714. The number of nitrogens with one attached hydrogen (secondary N) is 2. The fourth-order valence-electron chi connectivity index (χ4n) is 2.24. The number of likely N-dealkylation sites (tertiary alicyclic amines) is 1. The van der Waals surface area contributed by atoms with E-state index in [4.69, 9.17) is 0 Å². The van der Waals surface area contributed by atoms with Gasteiger partial charge in [0.2, 0.25) is 11.9 Å². The molecule has 0 radical (unpaired) electrons. The van der Waals surface area contributed by atoms with Crippen molar-refractivity contribution < 1.29 is 9.59 Å². The predicted molar refractivity (Wildman–Crippen MR) is 81.4 cm³/mol. The molecule has 2 aromatic heterocycles. The molecule has 1 aliphatic rings. The van der Waals surface area contributed by atoms with Crippen molar-refractivity contribution in [1.82, 2.24) is 14.9 Å². The number of amides is 2. The number of imide groups is 1. The summed E-state index contributed by atoms with van der Waals surface area (Å²) in [5.41, 5.74) is 0. The average molecular weight is 305 g/mol. The first kappa shape index (κ1) is 13.7. The Kier molecular flexibility index (Phi) is 3.46. The van der Waals surface area contributed by atoms with Gasteiger partial charge in [0.25, 0.3) is 5.91 Å². The first-order valence-corrected chi connectivity index (χ1v) is 7.54. The molecule has 0 saturated carbocycles. The molecule has 0 aliphatic carbocycles. The van der Waals surface area contributed by atoms with Gasteiger partial charge < -0.3 is 10.6 Å².